The van der Waals surface area contributed by atoms with Crippen LogP contribution in [-0.2, 0) is 0 Å². The van der Waals surface area contributed by atoms with Crippen molar-refractivity contribution in [3.05, 3.63) is 0 Å². The number of likely N-dealkylation sites (N-methyl/N-ethyl adjacent to an activating group) is 1. The Morgan fingerprint density at radius 2 is 2.20 bits per heavy atom. The Kier molecular flexibility index (Phi) is 1.82. The van der Waals surface area contributed by atoms with Gasteiger partial charge in [0, 0.05) is 7.05 Å². The molecule has 3 nitrogen and oxygen atoms in total. The number of carbonyl (C=O) groups excluding carboxylic acids is 1. The number of rotatable bonds is 0. The van der Waals surface area contributed by atoms with E-state index in [9.17, 15) is 4.79 Å². The van der Waals surface area contributed by atoms with Gasteiger partial charge in [-0.15, -0.1) is 0 Å². The molecule has 1 atom stereocenters. The SMILES string of the molecule is CN1C(=O)NC(I)C1(C)C. The monoisotopic (exact) mass is 254 g/mol. The Hall–Kier alpha value is 0. The minimum Gasteiger partial charge on any atom is -0.324 e. The van der Waals surface area contributed by atoms with Crippen molar-refractivity contribution in [3.8, 4) is 0 Å². The maximum atomic E-state index is 11.0. The first-order valence-corrected chi connectivity index (χ1v) is 4.39. The Bertz CT molecular complexity index is 169. The van der Waals surface area contributed by atoms with Gasteiger partial charge in [0.25, 0.3) is 0 Å². The number of halogens is 1. The summed E-state index contributed by atoms with van der Waals surface area (Å²) in [5.74, 6) is 0. The lowest BCUT2D eigenvalue weighted by atomic mass is 10.1. The number of urea groups is 1. The van der Waals surface area contributed by atoms with Crippen molar-refractivity contribution in [1.29, 1.82) is 0 Å². The third-order valence-electron chi connectivity index (χ3n) is 2.04. The summed E-state index contributed by atoms with van der Waals surface area (Å²) in [6, 6.07) is 0.0180. The molecule has 1 N–H and O–H groups in total. The molecule has 0 bridgehead atoms. The quantitative estimate of drug-likeness (QED) is 0.393. The molecule has 0 saturated carbocycles. The summed E-state index contributed by atoms with van der Waals surface area (Å²) in [5.41, 5.74) is -0.0579. The van der Waals surface area contributed by atoms with Gasteiger partial charge < -0.3 is 10.2 Å². The lowest BCUT2D eigenvalue weighted by molar-refractivity contribution is 0.196. The summed E-state index contributed by atoms with van der Waals surface area (Å²) in [4.78, 5) is 12.7. The lowest BCUT2D eigenvalue weighted by Crippen LogP contribution is -2.41. The van der Waals surface area contributed by atoms with Gasteiger partial charge in [0.2, 0.25) is 0 Å². The highest BCUT2D eigenvalue weighted by molar-refractivity contribution is 14.1. The largest absolute Gasteiger partial charge is 0.324 e. The van der Waals surface area contributed by atoms with E-state index >= 15 is 0 Å². The average molecular weight is 254 g/mol. The summed E-state index contributed by atoms with van der Waals surface area (Å²) in [6.07, 6.45) is 0. The van der Waals surface area contributed by atoms with Crippen LogP contribution in [-0.4, -0.2) is 27.6 Å². The number of nitrogens with zero attached hydrogens (tertiary/aromatic N) is 1. The van der Waals surface area contributed by atoms with E-state index in [1.54, 1.807) is 4.90 Å². The Labute approximate surface area is 74.3 Å². The van der Waals surface area contributed by atoms with Crippen LogP contribution in [0.1, 0.15) is 13.8 Å². The molecule has 10 heavy (non-hydrogen) atoms. The molecule has 1 unspecified atom stereocenters. The van der Waals surface area contributed by atoms with E-state index in [1.807, 2.05) is 20.9 Å². The molecule has 0 aromatic carbocycles. The predicted molar refractivity (Wildman–Crippen MR) is 48.2 cm³/mol. The Balaban J connectivity index is 2.85. The summed E-state index contributed by atoms with van der Waals surface area (Å²) in [7, 11) is 1.81. The van der Waals surface area contributed by atoms with Crippen LogP contribution in [0.4, 0.5) is 4.79 Å². The predicted octanol–water partition coefficient (Wildman–Crippen LogP) is 1.18. The van der Waals surface area contributed by atoms with Gasteiger partial charge in [0.05, 0.1) is 5.54 Å². The smallest absolute Gasteiger partial charge is 0.318 e. The molecule has 0 spiro atoms. The van der Waals surface area contributed by atoms with E-state index in [1.165, 1.54) is 0 Å². The molecule has 2 amide bonds. The maximum Gasteiger partial charge on any atom is 0.318 e. The number of amides is 2. The Morgan fingerprint density at radius 1 is 1.70 bits per heavy atom. The average Bonchev–Trinajstić information content (AvgIpc) is 1.97. The van der Waals surface area contributed by atoms with E-state index in [0.717, 1.165) is 0 Å². The van der Waals surface area contributed by atoms with Crippen molar-refractivity contribution in [2.45, 2.75) is 23.4 Å². The number of alkyl halides is 1. The zero-order valence-electron chi connectivity index (χ0n) is 6.31. The molecule has 1 aliphatic rings. The van der Waals surface area contributed by atoms with Gasteiger partial charge in [-0.2, -0.15) is 0 Å². The van der Waals surface area contributed by atoms with Crippen LogP contribution >= 0.6 is 22.6 Å². The fourth-order valence-electron chi connectivity index (χ4n) is 0.814. The van der Waals surface area contributed by atoms with Gasteiger partial charge in [0.1, 0.15) is 4.05 Å². The molecule has 1 fully saturated rings. The van der Waals surface area contributed by atoms with Crippen molar-refractivity contribution in [3.63, 3.8) is 0 Å². The summed E-state index contributed by atoms with van der Waals surface area (Å²) < 4.78 is 0.211. The number of nitrogens with one attached hydrogen (secondary N) is 1. The minimum atomic E-state index is -0.0579. The molecular weight excluding hydrogens is 243 g/mol. The second-order valence-corrected chi connectivity index (χ2v) is 4.27. The van der Waals surface area contributed by atoms with Crippen molar-refractivity contribution in [2.24, 2.45) is 0 Å². The highest BCUT2D eigenvalue weighted by atomic mass is 127. The zero-order valence-corrected chi connectivity index (χ0v) is 8.47. The van der Waals surface area contributed by atoms with Gasteiger partial charge >= 0.3 is 6.03 Å². The highest BCUT2D eigenvalue weighted by Crippen LogP contribution is 2.27. The summed E-state index contributed by atoms with van der Waals surface area (Å²) in [5, 5.41) is 2.83. The number of hydrogen-bond acceptors (Lipinski definition) is 1. The van der Waals surface area contributed by atoms with E-state index in [0.29, 0.717) is 0 Å². The van der Waals surface area contributed by atoms with Crippen LogP contribution in [0, 0.1) is 0 Å². The molecule has 58 valence electrons. The van der Waals surface area contributed by atoms with Crippen LogP contribution in [0.5, 0.6) is 0 Å². The van der Waals surface area contributed by atoms with Crippen molar-refractivity contribution >= 4 is 28.6 Å². The van der Waals surface area contributed by atoms with Gasteiger partial charge in [-0.05, 0) is 13.8 Å². The molecule has 0 radical (unpaired) electrons. The maximum absolute atomic E-state index is 11.0. The summed E-state index contributed by atoms with van der Waals surface area (Å²) in [6.45, 7) is 4.09. The van der Waals surface area contributed by atoms with Crippen LogP contribution in [0.2, 0.25) is 0 Å². The number of carbonyl (C=O) groups is 1. The third-order valence-corrected chi connectivity index (χ3v) is 3.88. The lowest BCUT2D eigenvalue weighted by Gasteiger charge is -2.28. The first-order chi connectivity index (χ1) is 4.46. The molecule has 0 aromatic rings. The van der Waals surface area contributed by atoms with Crippen LogP contribution in [0.15, 0.2) is 0 Å². The van der Waals surface area contributed by atoms with Gasteiger partial charge in [-0.3, -0.25) is 0 Å². The van der Waals surface area contributed by atoms with E-state index < -0.39 is 0 Å². The molecule has 1 saturated heterocycles. The second-order valence-electron chi connectivity index (χ2n) is 3.02. The fourth-order valence-corrected chi connectivity index (χ4v) is 1.50. The third kappa shape index (κ3) is 0.980. The first-order valence-electron chi connectivity index (χ1n) is 3.14. The van der Waals surface area contributed by atoms with Gasteiger partial charge in [-0.1, -0.05) is 22.6 Å². The second kappa shape index (κ2) is 2.25. The van der Waals surface area contributed by atoms with Gasteiger partial charge in [-0.25, -0.2) is 4.79 Å². The van der Waals surface area contributed by atoms with E-state index in [2.05, 4.69) is 27.9 Å². The van der Waals surface area contributed by atoms with Crippen molar-refractivity contribution < 1.29 is 4.79 Å². The highest BCUT2D eigenvalue weighted by Gasteiger charge is 2.42. The van der Waals surface area contributed by atoms with Crippen molar-refractivity contribution in [2.75, 3.05) is 7.05 Å². The number of hydrogen-bond donors (Lipinski definition) is 1. The van der Waals surface area contributed by atoms with Crippen LogP contribution in [0.25, 0.3) is 0 Å². The standard InChI is InChI=1S/C6H11IN2O/c1-6(2)4(7)8-5(10)9(6)3/h4H,1-3H3,(H,8,10). The molecular formula is C6H11IN2O. The zero-order chi connectivity index (χ0) is 7.94. The molecule has 1 aliphatic heterocycles. The molecule has 0 aromatic heterocycles. The Morgan fingerprint density at radius 3 is 2.30 bits per heavy atom. The molecule has 1 heterocycles. The van der Waals surface area contributed by atoms with E-state index in [4.69, 9.17) is 0 Å². The van der Waals surface area contributed by atoms with Gasteiger partial charge in [0.15, 0.2) is 0 Å². The molecule has 1 rings (SSSR count). The fraction of sp³-hybridized carbons (Fsp3) is 0.833. The molecule has 0 aliphatic carbocycles. The topological polar surface area (TPSA) is 32.3 Å². The summed E-state index contributed by atoms with van der Waals surface area (Å²) >= 11 is 2.23. The van der Waals surface area contributed by atoms with Crippen LogP contribution < -0.4 is 5.32 Å². The van der Waals surface area contributed by atoms with Crippen LogP contribution in [0.3, 0.4) is 0 Å². The van der Waals surface area contributed by atoms with E-state index in [-0.39, 0.29) is 15.6 Å². The first kappa shape index (κ1) is 8.10. The minimum absolute atomic E-state index is 0.0180. The van der Waals surface area contributed by atoms with Crippen molar-refractivity contribution in [1.82, 2.24) is 10.2 Å². The normalized spacial score (nSPS) is 30.6. The molecule has 4 heteroatoms.